The van der Waals surface area contributed by atoms with Crippen molar-refractivity contribution in [3.63, 3.8) is 0 Å². The van der Waals surface area contributed by atoms with Crippen molar-refractivity contribution in [3.8, 4) is 11.5 Å². The van der Waals surface area contributed by atoms with Gasteiger partial charge in [-0.3, -0.25) is 0 Å². The first-order chi connectivity index (χ1) is 16.2. The summed E-state index contributed by atoms with van der Waals surface area (Å²) in [6.45, 7) is 3.03. The molecular formula is C23H30N4O6S. The molecule has 34 heavy (non-hydrogen) atoms. The molecule has 0 bridgehead atoms. The number of rotatable bonds is 10. The van der Waals surface area contributed by atoms with Gasteiger partial charge in [0.05, 0.1) is 55.1 Å². The van der Waals surface area contributed by atoms with Crippen molar-refractivity contribution in [1.82, 2.24) is 13.9 Å². The molecule has 11 heteroatoms. The van der Waals surface area contributed by atoms with Crippen molar-refractivity contribution < 1.29 is 27.4 Å². The number of esters is 1. The number of benzene rings is 2. The fourth-order valence-electron chi connectivity index (χ4n) is 3.62. The Kier molecular flexibility index (Phi) is 7.68. The number of carbonyl (C=O) groups is 1. The van der Waals surface area contributed by atoms with Crippen LogP contribution in [0.1, 0.15) is 29.5 Å². The number of aryl methyl sites for hydroxylation is 1. The summed E-state index contributed by atoms with van der Waals surface area (Å²) in [6, 6.07) is 8.16. The predicted molar refractivity (Wildman–Crippen MR) is 129 cm³/mol. The van der Waals surface area contributed by atoms with Crippen LogP contribution in [0.15, 0.2) is 35.2 Å². The van der Waals surface area contributed by atoms with Crippen molar-refractivity contribution in [2.24, 2.45) is 0 Å². The summed E-state index contributed by atoms with van der Waals surface area (Å²) in [5.41, 5.74) is 2.19. The van der Waals surface area contributed by atoms with E-state index in [-0.39, 0.29) is 17.0 Å². The Balaban J connectivity index is 2.03. The number of hydrogen-bond acceptors (Lipinski definition) is 8. The maximum absolute atomic E-state index is 12.6. The van der Waals surface area contributed by atoms with Gasteiger partial charge in [0.2, 0.25) is 10.0 Å². The molecule has 1 heterocycles. The van der Waals surface area contributed by atoms with Crippen LogP contribution in [0.2, 0.25) is 0 Å². The number of methoxy groups -OCH3 is 3. The molecule has 0 aliphatic heterocycles. The number of imidazole rings is 1. The van der Waals surface area contributed by atoms with Crippen LogP contribution >= 0.6 is 0 Å². The molecule has 0 saturated heterocycles. The first-order valence-corrected chi connectivity index (χ1v) is 12.1. The molecule has 0 saturated carbocycles. The zero-order valence-electron chi connectivity index (χ0n) is 20.2. The summed E-state index contributed by atoms with van der Waals surface area (Å²) in [4.78, 5) is 17.2. The standard InChI is InChI=1S/C23H30N4O6S/c1-7-10-27-19-9-8-15(34(29,30)26(2)3)11-18(19)25-22(27)14-24-17-13-21(32-5)20(31-4)12-16(17)23(28)33-6/h8-9,11-13,24H,7,10,14H2,1-6H3. The predicted octanol–water partition coefficient (Wildman–Crippen LogP) is 3.11. The Morgan fingerprint density at radius 3 is 2.35 bits per heavy atom. The second-order valence-electron chi connectivity index (χ2n) is 7.72. The minimum Gasteiger partial charge on any atom is -0.493 e. The van der Waals surface area contributed by atoms with E-state index in [0.717, 1.165) is 11.9 Å². The van der Waals surface area contributed by atoms with E-state index in [1.165, 1.54) is 39.7 Å². The number of ether oxygens (including phenoxy) is 3. The molecule has 3 rings (SSSR count). The zero-order valence-corrected chi connectivity index (χ0v) is 21.0. The highest BCUT2D eigenvalue weighted by atomic mass is 32.2. The highest BCUT2D eigenvalue weighted by Crippen LogP contribution is 2.34. The molecule has 0 aliphatic carbocycles. The normalized spacial score (nSPS) is 11.6. The Hall–Kier alpha value is -3.31. The number of aromatic nitrogens is 2. The Morgan fingerprint density at radius 1 is 1.09 bits per heavy atom. The summed E-state index contributed by atoms with van der Waals surface area (Å²) in [5.74, 6) is 1.03. The lowest BCUT2D eigenvalue weighted by atomic mass is 10.1. The molecule has 0 radical (unpaired) electrons. The van der Waals surface area contributed by atoms with Crippen molar-refractivity contribution >= 4 is 32.7 Å². The molecule has 0 aliphatic rings. The fraction of sp³-hybridized carbons (Fsp3) is 0.391. The van der Waals surface area contributed by atoms with Gasteiger partial charge in [-0.15, -0.1) is 0 Å². The van der Waals surface area contributed by atoms with Gasteiger partial charge >= 0.3 is 5.97 Å². The highest BCUT2D eigenvalue weighted by Gasteiger charge is 2.21. The van der Waals surface area contributed by atoms with Gasteiger partial charge in [-0.25, -0.2) is 22.5 Å². The van der Waals surface area contributed by atoms with Gasteiger partial charge in [-0.1, -0.05) is 6.92 Å². The van der Waals surface area contributed by atoms with Crippen LogP contribution in [0.5, 0.6) is 11.5 Å². The van der Waals surface area contributed by atoms with Gasteiger partial charge in [0.15, 0.2) is 11.5 Å². The van der Waals surface area contributed by atoms with Gasteiger partial charge in [-0.05, 0) is 24.6 Å². The number of carbonyl (C=O) groups excluding carboxylic acids is 1. The van der Waals surface area contributed by atoms with E-state index >= 15 is 0 Å². The quantitative estimate of drug-likeness (QED) is 0.432. The minimum absolute atomic E-state index is 0.179. The third-order valence-electron chi connectivity index (χ3n) is 5.39. The lowest BCUT2D eigenvalue weighted by Gasteiger charge is -2.16. The average Bonchev–Trinajstić information content (AvgIpc) is 3.18. The smallest absolute Gasteiger partial charge is 0.340 e. The van der Waals surface area contributed by atoms with Crippen molar-refractivity contribution in [1.29, 1.82) is 0 Å². The molecule has 0 fully saturated rings. The topological polar surface area (TPSA) is 112 Å². The van der Waals surface area contributed by atoms with Gasteiger partial charge in [0.25, 0.3) is 0 Å². The molecule has 0 atom stereocenters. The minimum atomic E-state index is -3.58. The van der Waals surface area contributed by atoms with Crippen LogP contribution in [0.4, 0.5) is 5.69 Å². The molecule has 3 aromatic rings. The Labute approximate surface area is 199 Å². The maximum atomic E-state index is 12.6. The lowest BCUT2D eigenvalue weighted by Crippen LogP contribution is -2.22. The zero-order chi connectivity index (χ0) is 25.0. The fourth-order valence-corrected chi connectivity index (χ4v) is 4.54. The van der Waals surface area contributed by atoms with Gasteiger partial charge < -0.3 is 24.1 Å². The van der Waals surface area contributed by atoms with Crippen LogP contribution in [0, 0.1) is 0 Å². The monoisotopic (exact) mass is 490 g/mol. The Bertz CT molecular complexity index is 1300. The molecule has 0 unspecified atom stereocenters. The largest absolute Gasteiger partial charge is 0.493 e. The van der Waals surface area contributed by atoms with Crippen molar-refractivity contribution in [2.75, 3.05) is 40.7 Å². The van der Waals surface area contributed by atoms with E-state index in [1.54, 1.807) is 30.3 Å². The van der Waals surface area contributed by atoms with Crippen LogP contribution in [-0.2, 0) is 27.8 Å². The van der Waals surface area contributed by atoms with E-state index in [9.17, 15) is 13.2 Å². The molecule has 2 aromatic carbocycles. The van der Waals surface area contributed by atoms with Crippen LogP contribution in [0.3, 0.4) is 0 Å². The maximum Gasteiger partial charge on any atom is 0.340 e. The van der Waals surface area contributed by atoms with Crippen LogP contribution in [0.25, 0.3) is 11.0 Å². The SMILES string of the molecule is CCCn1c(CNc2cc(OC)c(OC)cc2C(=O)OC)nc2cc(S(=O)(=O)N(C)C)ccc21. The van der Waals surface area contributed by atoms with E-state index < -0.39 is 16.0 Å². The number of hydrogen-bond donors (Lipinski definition) is 1. The number of fused-ring (bicyclic) bond motifs is 1. The number of anilines is 1. The molecule has 1 aromatic heterocycles. The van der Waals surface area contributed by atoms with Crippen molar-refractivity contribution in [2.45, 2.75) is 31.3 Å². The molecule has 10 nitrogen and oxygen atoms in total. The molecular weight excluding hydrogens is 460 g/mol. The first kappa shape index (κ1) is 25.3. The van der Waals surface area contributed by atoms with Crippen LogP contribution in [-0.4, -0.2) is 63.7 Å². The molecule has 0 amide bonds. The van der Waals surface area contributed by atoms with E-state index in [2.05, 4.69) is 12.2 Å². The summed E-state index contributed by atoms with van der Waals surface area (Å²) >= 11 is 0. The number of nitrogens with one attached hydrogen (secondary N) is 1. The van der Waals surface area contributed by atoms with Crippen molar-refractivity contribution in [3.05, 3.63) is 41.7 Å². The first-order valence-electron chi connectivity index (χ1n) is 10.7. The third kappa shape index (κ3) is 4.80. The number of sulfonamides is 1. The molecule has 184 valence electrons. The van der Waals surface area contributed by atoms with Gasteiger partial charge in [-0.2, -0.15) is 0 Å². The average molecular weight is 491 g/mol. The van der Waals surface area contributed by atoms with Crippen LogP contribution < -0.4 is 14.8 Å². The highest BCUT2D eigenvalue weighted by molar-refractivity contribution is 7.89. The Morgan fingerprint density at radius 2 is 1.76 bits per heavy atom. The number of nitrogens with zero attached hydrogens (tertiary/aromatic N) is 3. The van der Waals surface area contributed by atoms with Gasteiger partial charge in [0, 0.05) is 32.8 Å². The van der Waals surface area contributed by atoms with Gasteiger partial charge in [0.1, 0.15) is 5.82 Å². The van der Waals surface area contributed by atoms with E-state index in [4.69, 9.17) is 19.2 Å². The molecule has 1 N–H and O–H groups in total. The van der Waals surface area contributed by atoms with E-state index in [1.807, 2.05) is 4.57 Å². The van der Waals surface area contributed by atoms with E-state index in [0.29, 0.717) is 35.1 Å². The molecule has 0 spiro atoms. The summed E-state index contributed by atoms with van der Waals surface area (Å²) in [6.07, 6.45) is 0.861. The summed E-state index contributed by atoms with van der Waals surface area (Å²) < 4.78 is 43.9. The third-order valence-corrected chi connectivity index (χ3v) is 7.20. The summed E-state index contributed by atoms with van der Waals surface area (Å²) in [7, 11) is 3.72. The second kappa shape index (κ2) is 10.3. The summed E-state index contributed by atoms with van der Waals surface area (Å²) in [5, 5.41) is 3.25. The lowest BCUT2D eigenvalue weighted by molar-refractivity contribution is 0.0601. The second-order valence-corrected chi connectivity index (χ2v) is 9.87.